The van der Waals surface area contributed by atoms with E-state index in [1.54, 1.807) is 0 Å². The maximum Gasteiger partial charge on any atom is 0.239 e. The molecule has 2 N–H and O–H groups in total. The Kier molecular flexibility index (Phi) is 6.65. The minimum Gasteiger partial charge on any atom is -0.339 e. The molecule has 0 rings (SSSR count). The fourth-order valence-corrected chi connectivity index (χ4v) is 1.77. The van der Waals surface area contributed by atoms with Gasteiger partial charge in [0, 0.05) is 12.6 Å². The molecule has 0 aromatic heterocycles. The van der Waals surface area contributed by atoms with Gasteiger partial charge in [0.25, 0.3) is 0 Å². The molecule has 0 aliphatic heterocycles. The van der Waals surface area contributed by atoms with Crippen molar-refractivity contribution in [3.8, 4) is 0 Å². The normalized spacial score (nSPS) is 13.6. The molecule has 16 heavy (non-hydrogen) atoms. The van der Waals surface area contributed by atoms with Crippen LogP contribution in [0.15, 0.2) is 0 Å². The maximum atomic E-state index is 12.2. The third-order valence-electron chi connectivity index (χ3n) is 2.51. The molecule has 0 aromatic rings. The fraction of sp³-hybridized carbons (Fsp3) is 0.923. The topological polar surface area (TPSA) is 46.3 Å². The first-order valence-corrected chi connectivity index (χ1v) is 6.31. The summed E-state index contributed by atoms with van der Waals surface area (Å²) in [6, 6.07) is -0.116. The monoisotopic (exact) mass is 228 g/mol. The van der Waals surface area contributed by atoms with Gasteiger partial charge in [-0.2, -0.15) is 0 Å². The van der Waals surface area contributed by atoms with E-state index >= 15 is 0 Å². The third kappa shape index (κ3) is 5.50. The van der Waals surface area contributed by atoms with E-state index < -0.39 is 0 Å². The summed E-state index contributed by atoms with van der Waals surface area (Å²) in [6.07, 6.45) is 0.764. The van der Waals surface area contributed by atoms with Crippen LogP contribution in [0.3, 0.4) is 0 Å². The van der Waals surface area contributed by atoms with Crippen molar-refractivity contribution in [1.82, 2.24) is 4.90 Å². The molecule has 0 saturated carbocycles. The molecule has 0 aliphatic carbocycles. The lowest BCUT2D eigenvalue weighted by atomic mass is 10.0. The number of carbonyl (C=O) groups is 1. The van der Waals surface area contributed by atoms with E-state index in [4.69, 9.17) is 5.73 Å². The SMILES string of the molecule is CC(C)CC(N)C(=O)N(CC(C)C)C(C)C. The smallest absolute Gasteiger partial charge is 0.239 e. The molecule has 1 amide bonds. The minimum atomic E-state index is -0.346. The van der Waals surface area contributed by atoms with E-state index in [9.17, 15) is 4.79 Å². The Morgan fingerprint density at radius 3 is 1.88 bits per heavy atom. The highest BCUT2D eigenvalue weighted by atomic mass is 16.2. The van der Waals surface area contributed by atoms with Gasteiger partial charge in [-0.3, -0.25) is 4.79 Å². The van der Waals surface area contributed by atoms with Crippen LogP contribution < -0.4 is 5.73 Å². The van der Waals surface area contributed by atoms with Crippen molar-refractivity contribution in [2.75, 3.05) is 6.54 Å². The Hall–Kier alpha value is -0.570. The molecular formula is C13H28N2O. The number of hydrogen-bond acceptors (Lipinski definition) is 2. The Bertz CT molecular complexity index is 212. The van der Waals surface area contributed by atoms with Crippen LogP contribution in [-0.2, 0) is 4.79 Å². The molecule has 96 valence electrons. The minimum absolute atomic E-state index is 0.0948. The van der Waals surface area contributed by atoms with Gasteiger partial charge in [0.05, 0.1) is 6.04 Å². The Labute approximate surface area is 100 Å². The molecule has 0 spiro atoms. The summed E-state index contributed by atoms with van der Waals surface area (Å²) in [5, 5.41) is 0. The van der Waals surface area contributed by atoms with Crippen molar-refractivity contribution in [2.24, 2.45) is 17.6 Å². The average molecular weight is 228 g/mol. The third-order valence-corrected chi connectivity index (χ3v) is 2.51. The number of hydrogen-bond donors (Lipinski definition) is 1. The van der Waals surface area contributed by atoms with Gasteiger partial charge in [0.1, 0.15) is 0 Å². The standard InChI is InChI=1S/C13H28N2O/c1-9(2)7-12(14)13(16)15(11(5)6)8-10(3)4/h9-12H,7-8,14H2,1-6H3. The van der Waals surface area contributed by atoms with Gasteiger partial charge >= 0.3 is 0 Å². The first-order valence-electron chi connectivity index (χ1n) is 6.31. The van der Waals surface area contributed by atoms with Crippen LogP contribution in [0.5, 0.6) is 0 Å². The molecule has 0 saturated heterocycles. The van der Waals surface area contributed by atoms with E-state index in [1.807, 2.05) is 18.7 Å². The highest BCUT2D eigenvalue weighted by molar-refractivity contribution is 5.81. The summed E-state index contributed by atoms with van der Waals surface area (Å²) in [6.45, 7) is 13.3. The molecule has 0 heterocycles. The van der Waals surface area contributed by atoms with Crippen LogP contribution >= 0.6 is 0 Å². The molecule has 3 nitrogen and oxygen atoms in total. The summed E-state index contributed by atoms with van der Waals surface area (Å²) < 4.78 is 0. The van der Waals surface area contributed by atoms with Crippen LogP contribution in [0.2, 0.25) is 0 Å². The molecule has 1 atom stereocenters. The second kappa shape index (κ2) is 6.89. The van der Waals surface area contributed by atoms with Crippen molar-refractivity contribution in [3.05, 3.63) is 0 Å². The van der Waals surface area contributed by atoms with Crippen molar-refractivity contribution in [1.29, 1.82) is 0 Å². The largest absolute Gasteiger partial charge is 0.339 e. The van der Waals surface area contributed by atoms with Crippen LogP contribution in [-0.4, -0.2) is 29.4 Å². The van der Waals surface area contributed by atoms with Gasteiger partial charge in [0.2, 0.25) is 5.91 Å². The summed E-state index contributed by atoms with van der Waals surface area (Å²) in [7, 11) is 0. The lowest BCUT2D eigenvalue weighted by molar-refractivity contribution is -0.135. The number of rotatable bonds is 6. The lowest BCUT2D eigenvalue weighted by Crippen LogP contribution is -2.48. The van der Waals surface area contributed by atoms with Gasteiger partial charge in [-0.1, -0.05) is 27.7 Å². The van der Waals surface area contributed by atoms with Crippen LogP contribution in [0.4, 0.5) is 0 Å². The van der Waals surface area contributed by atoms with E-state index in [-0.39, 0.29) is 18.0 Å². The van der Waals surface area contributed by atoms with E-state index in [0.717, 1.165) is 13.0 Å². The van der Waals surface area contributed by atoms with Gasteiger partial charge in [0.15, 0.2) is 0 Å². The van der Waals surface area contributed by atoms with E-state index in [2.05, 4.69) is 27.7 Å². The molecule has 0 fully saturated rings. The number of nitrogens with two attached hydrogens (primary N) is 1. The number of amides is 1. The Morgan fingerprint density at radius 2 is 1.56 bits per heavy atom. The second-order valence-electron chi connectivity index (χ2n) is 5.71. The number of carbonyl (C=O) groups excluding carboxylic acids is 1. The molecular weight excluding hydrogens is 200 g/mol. The summed E-state index contributed by atoms with van der Waals surface area (Å²) >= 11 is 0. The van der Waals surface area contributed by atoms with Gasteiger partial charge in [-0.25, -0.2) is 0 Å². The quantitative estimate of drug-likeness (QED) is 0.758. The molecule has 3 heteroatoms. The lowest BCUT2D eigenvalue weighted by Gasteiger charge is -2.31. The highest BCUT2D eigenvalue weighted by Gasteiger charge is 2.24. The van der Waals surface area contributed by atoms with E-state index in [1.165, 1.54) is 0 Å². The molecule has 0 aliphatic rings. The average Bonchev–Trinajstić information content (AvgIpc) is 2.11. The highest BCUT2D eigenvalue weighted by Crippen LogP contribution is 2.10. The first kappa shape index (κ1) is 15.4. The molecule has 0 radical (unpaired) electrons. The predicted molar refractivity (Wildman–Crippen MR) is 69.1 cm³/mol. The zero-order valence-electron chi connectivity index (χ0n) is 11.7. The van der Waals surface area contributed by atoms with Crippen molar-refractivity contribution < 1.29 is 4.79 Å². The number of nitrogens with zero attached hydrogens (tertiary/aromatic N) is 1. The van der Waals surface area contributed by atoms with E-state index in [0.29, 0.717) is 11.8 Å². The summed E-state index contributed by atoms with van der Waals surface area (Å²) in [5.41, 5.74) is 5.94. The fourth-order valence-electron chi connectivity index (χ4n) is 1.77. The molecule has 0 bridgehead atoms. The summed E-state index contributed by atoms with van der Waals surface area (Å²) in [5.74, 6) is 1.04. The van der Waals surface area contributed by atoms with Crippen LogP contribution in [0.1, 0.15) is 48.0 Å². The second-order valence-corrected chi connectivity index (χ2v) is 5.71. The van der Waals surface area contributed by atoms with Crippen molar-refractivity contribution >= 4 is 5.91 Å². The van der Waals surface area contributed by atoms with Gasteiger partial charge in [-0.05, 0) is 32.1 Å². The summed E-state index contributed by atoms with van der Waals surface area (Å²) in [4.78, 5) is 14.1. The van der Waals surface area contributed by atoms with Gasteiger partial charge in [-0.15, -0.1) is 0 Å². The Balaban J connectivity index is 4.48. The van der Waals surface area contributed by atoms with Crippen LogP contribution in [0, 0.1) is 11.8 Å². The molecule has 1 unspecified atom stereocenters. The maximum absolute atomic E-state index is 12.2. The van der Waals surface area contributed by atoms with Crippen LogP contribution in [0.25, 0.3) is 0 Å². The first-order chi connectivity index (χ1) is 7.25. The molecule has 0 aromatic carbocycles. The predicted octanol–water partition coefficient (Wildman–Crippen LogP) is 2.25. The van der Waals surface area contributed by atoms with Crippen molar-refractivity contribution in [2.45, 2.75) is 60.0 Å². The van der Waals surface area contributed by atoms with Crippen molar-refractivity contribution in [3.63, 3.8) is 0 Å². The zero-order chi connectivity index (χ0) is 12.9. The zero-order valence-corrected chi connectivity index (χ0v) is 11.7. The Morgan fingerprint density at radius 1 is 1.06 bits per heavy atom. The van der Waals surface area contributed by atoms with Gasteiger partial charge < -0.3 is 10.6 Å².